The highest BCUT2D eigenvalue weighted by Crippen LogP contribution is 2.21. The molecule has 2 aromatic heterocycles. The van der Waals surface area contributed by atoms with Gasteiger partial charge in [-0.1, -0.05) is 11.6 Å². The normalized spacial score (nSPS) is 10.7. The monoisotopic (exact) mass is 265 g/mol. The van der Waals surface area contributed by atoms with Crippen LogP contribution in [0.15, 0.2) is 29.0 Å². The lowest BCUT2D eigenvalue weighted by Crippen LogP contribution is -2.18. The molecule has 0 aliphatic rings. The molecule has 2 heterocycles. The van der Waals surface area contributed by atoms with Crippen molar-refractivity contribution in [3.8, 4) is 0 Å². The number of rotatable bonds is 4. The topological polar surface area (TPSA) is 55.3 Å². The van der Waals surface area contributed by atoms with Crippen LogP contribution in [-0.4, -0.2) is 12.0 Å². The molecule has 2 N–H and O–H groups in total. The van der Waals surface area contributed by atoms with Gasteiger partial charge in [0.1, 0.15) is 11.6 Å². The second kappa shape index (κ2) is 5.42. The molecule has 0 bridgehead atoms. The van der Waals surface area contributed by atoms with Gasteiger partial charge in [-0.2, -0.15) is 0 Å². The summed E-state index contributed by atoms with van der Waals surface area (Å²) in [6.07, 6.45) is 3.33. The molecule has 96 valence electrons. The van der Waals surface area contributed by atoms with E-state index in [1.807, 2.05) is 31.0 Å². The van der Waals surface area contributed by atoms with Gasteiger partial charge in [-0.15, -0.1) is 0 Å². The van der Waals surface area contributed by atoms with Crippen molar-refractivity contribution in [2.45, 2.75) is 20.0 Å². The molecule has 0 aliphatic heterocycles. The third-order valence-electron chi connectivity index (χ3n) is 2.91. The Hall–Kier alpha value is -1.52. The van der Waals surface area contributed by atoms with Gasteiger partial charge in [-0.05, 0) is 24.6 Å². The quantitative estimate of drug-likeness (QED) is 0.924. The first-order chi connectivity index (χ1) is 8.61. The average Bonchev–Trinajstić information content (AvgIpc) is 2.75. The minimum atomic E-state index is 0.410. The van der Waals surface area contributed by atoms with Crippen molar-refractivity contribution < 1.29 is 4.42 Å². The van der Waals surface area contributed by atoms with Crippen LogP contribution in [0.5, 0.6) is 0 Å². The predicted octanol–water partition coefficient (Wildman–Crippen LogP) is 2.73. The minimum absolute atomic E-state index is 0.410. The summed E-state index contributed by atoms with van der Waals surface area (Å²) in [6.45, 7) is 3.09. The number of anilines is 1. The van der Waals surface area contributed by atoms with E-state index < -0.39 is 0 Å². The molecule has 0 unspecified atom stereocenters. The van der Waals surface area contributed by atoms with Crippen LogP contribution in [0.1, 0.15) is 16.9 Å². The molecule has 0 amide bonds. The van der Waals surface area contributed by atoms with Crippen LogP contribution in [0, 0.1) is 6.92 Å². The van der Waals surface area contributed by atoms with Gasteiger partial charge in [0.15, 0.2) is 0 Å². The van der Waals surface area contributed by atoms with Crippen LogP contribution in [-0.2, 0) is 13.1 Å². The van der Waals surface area contributed by atoms with E-state index in [4.69, 9.17) is 21.8 Å². The van der Waals surface area contributed by atoms with Gasteiger partial charge in [0.05, 0.1) is 11.3 Å². The standard InChI is InChI=1S/C13H16ClN3O/c1-9-10(3-4-18-9)8-17(2)13-5-11(6-15)12(14)7-16-13/h3-5,7H,6,8,15H2,1-2H3. The highest BCUT2D eigenvalue weighted by atomic mass is 35.5. The van der Waals surface area contributed by atoms with Crippen molar-refractivity contribution in [3.05, 3.63) is 46.5 Å². The van der Waals surface area contributed by atoms with Crippen LogP contribution < -0.4 is 10.6 Å². The van der Waals surface area contributed by atoms with E-state index in [1.54, 1.807) is 12.5 Å². The number of hydrogen-bond acceptors (Lipinski definition) is 4. The van der Waals surface area contributed by atoms with E-state index in [9.17, 15) is 0 Å². The Morgan fingerprint density at radius 1 is 1.44 bits per heavy atom. The highest BCUT2D eigenvalue weighted by Gasteiger charge is 2.09. The van der Waals surface area contributed by atoms with Crippen molar-refractivity contribution in [2.24, 2.45) is 5.73 Å². The van der Waals surface area contributed by atoms with Gasteiger partial charge in [0.25, 0.3) is 0 Å². The fraction of sp³-hybridized carbons (Fsp3) is 0.308. The van der Waals surface area contributed by atoms with Crippen LogP contribution in [0.4, 0.5) is 5.82 Å². The largest absolute Gasteiger partial charge is 0.469 e. The molecule has 0 saturated carbocycles. The maximum absolute atomic E-state index is 5.99. The van der Waals surface area contributed by atoms with E-state index >= 15 is 0 Å². The zero-order chi connectivity index (χ0) is 13.1. The molecule has 2 rings (SSSR count). The van der Waals surface area contributed by atoms with E-state index in [-0.39, 0.29) is 0 Å². The fourth-order valence-corrected chi connectivity index (χ4v) is 1.93. The molecule has 0 spiro atoms. The lowest BCUT2D eigenvalue weighted by atomic mass is 10.2. The number of aromatic nitrogens is 1. The molecular formula is C13H16ClN3O. The van der Waals surface area contributed by atoms with Crippen molar-refractivity contribution >= 4 is 17.4 Å². The summed E-state index contributed by atoms with van der Waals surface area (Å²) < 4.78 is 5.28. The van der Waals surface area contributed by atoms with Gasteiger partial charge in [0.2, 0.25) is 0 Å². The van der Waals surface area contributed by atoms with Gasteiger partial charge >= 0.3 is 0 Å². The van der Waals surface area contributed by atoms with Gasteiger partial charge < -0.3 is 15.1 Å². The van der Waals surface area contributed by atoms with E-state index in [2.05, 4.69) is 4.98 Å². The lowest BCUT2D eigenvalue weighted by molar-refractivity contribution is 0.529. The lowest BCUT2D eigenvalue weighted by Gasteiger charge is -2.18. The maximum Gasteiger partial charge on any atom is 0.128 e. The number of halogens is 1. The molecule has 18 heavy (non-hydrogen) atoms. The van der Waals surface area contributed by atoms with Crippen LogP contribution in [0.2, 0.25) is 5.02 Å². The Morgan fingerprint density at radius 2 is 2.22 bits per heavy atom. The molecule has 0 saturated heterocycles. The predicted molar refractivity (Wildman–Crippen MR) is 72.7 cm³/mol. The first kappa shape index (κ1) is 12.9. The molecule has 2 aromatic rings. The fourth-order valence-electron chi connectivity index (χ4n) is 1.74. The van der Waals surface area contributed by atoms with Crippen molar-refractivity contribution in [2.75, 3.05) is 11.9 Å². The summed E-state index contributed by atoms with van der Waals surface area (Å²) in [5.74, 6) is 1.77. The van der Waals surface area contributed by atoms with Crippen LogP contribution in [0.25, 0.3) is 0 Å². The molecule has 0 fully saturated rings. The summed E-state index contributed by atoms with van der Waals surface area (Å²) in [6, 6.07) is 3.88. The summed E-state index contributed by atoms with van der Waals surface area (Å²) in [7, 11) is 1.98. The Kier molecular flexibility index (Phi) is 3.89. The summed E-state index contributed by atoms with van der Waals surface area (Å²) in [5.41, 5.74) is 7.68. The molecule has 0 aliphatic carbocycles. The third-order valence-corrected chi connectivity index (χ3v) is 3.25. The van der Waals surface area contributed by atoms with Crippen LogP contribution >= 0.6 is 11.6 Å². The Bertz CT molecular complexity index is 539. The molecule has 0 aromatic carbocycles. The highest BCUT2D eigenvalue weighted by molar-refractivity contribution is 6.31. The molecule has 4 nitrogen and oxygen atoms in total. The number of nitrogens with two attached hydrogens (primary N) is 1. The van der Waals surface area contributed by atoms with E-state index in [0.717, 1.165) is 29.2 Å². The van der Waals surface area contributed by atoms with Gasteiger partial charge in [-0.3, -0.25) is 0 Å². The number of hydrogen-bond donors (Lipinski definition) is 1. The third kappa shape index (κ3) is 2.66. The zero-order valence-corrected chi connectivity index (χ0v) is 11.2. The van der Waals surface area contributed by atoms with Gasteiger partial charge in [-0.25, -0.2) is 4.98 Å². The SMILES string of the molecule is Cc1occc1CN(C)c1cc(CN)c(Cl)cn1. The number of pyridine rings is 1. The minimum Gasteiger partial charge on any atom is -0.469 e. The summed E-state index contributed by atoms with van der Waals surface area (Å²) in [4.78, 5) is 6.34. The number of furan rings is 1. The number of aryl methyl sites for hydroxylation is 1. The van der Waals surface area contributed by atoms with E-state index in [1.165, 1.54) is 0 Å². The first-order valence-corrected chi connectivity index (χ1v) is 6.08. The Balaban J connectivity index is 2.18. The van der Waals surface area contributed by atoms with E-state index in [0.29, 0.717) is 11.6 Å². The Morgan fingerprint density at radius 3 is 2.83 bits per heavy atom. The summed E-state index contributed by atoms with van der Waals surface area (Å²) >= 11 is 5.99. The second-order valence-electron chi connectivity index (χ2n) is 4.20. The van der Waals surface area contributed by atoms with Crippen molar-refractivity contribution in [1.82, 2.24) is 4.98 Å². The Labute approximate surface area is 111 Å². The molecule has 0 radical (unpaired) electrons. The second-order valence-corrected chi connectivity index (χ2v) is 4.60. The van der Waals surface area contributed by atoms with Crippen molar-refractivity contribution in [3.63, 3.8) is 0 Å². The molecule has 0 atom stereocenters. The maximum atomic E-state index is 5.99. The molecule has 5 heteroatoms. The summed E-state index contributed by atoms with van der Waals surface area (Å²) in [5, 5.41) is 0.606. The van der Waals surface area contributed by atoms with Gasteiger partial charge in [0, 0.05) is 31.9 Å². The first-order valence-electron chi connectivity index (χ1n) is 5.70. The smallest absolute Gasteiger partial charge is 0.128 e. The molecular weight excluding hydrogens is 250 g/mol. The zero-order valence-electron chi connectivity index (χ0n) is 10.5. The van der Waals surface area contributed by atoms with Crippen molar-refractivity contribution in [1.29, 1.82) is 0 Å². The number of nitrogens with zero attached hydrogens (tertiary/aromatic N) is 2. The average molecular weight is 266 g/mol. The van der Waals surface area contributed by atoms with Crippen LogP contribution in [0.3, 0.4) is 0 Å².